The predicted octanol–water partition coefficient (Wildman–Crippen LogP) is 1.30. The fourth-order valence-electron chi connectivity index (χ4n) is 2.37. The summed E-state index contributed by atoms with van der Waals surface area (Å²) >= 11 is 0. The highest BCUT2D eigenvalue weighted by atomic mass is 16.1. The van der Waals surface area contributed by atoms with E-state index in [1.807, 2.05) is 6.07 Å². The third-order valence-electron chi connectivity index (χ3n) is 3.73. The first-order valence-corrected chi connectivity index (χ1v) is 7.05. The van der Waals surface area contributed by atoms with E-state index >= 15 is 0 Å². The quantitative estimate of drug-likeness (QED) is 0.648. The average molecular weight is 261 g/mol. The van der Waals surface area contributed by atoms with Gasteiger partial charge in [0.15, 0.2) is 0 Å². The fourth-order valence-corrected chi connectivity index (χ4v) is 2.37. The Morgan fingerprint density at radius 3 is 3.05 bits per heavy atom. The Morgan fingerprint density at radius 2 is 2.32 bits per heavy atom. The minimum absolute atomic E-state index is 0.0963. The van der Waals surface area contributed by atoms with Gasteiger partial charge in [-0.2, -0.15) is 0 Å². The van der Waals surface area contributed by atoms with Gasteiger partial charge < -0.3 is 16.4 Å². The molecule has 4 heteroatoms. The van der Waals surface area contributed by atoms with Crippen molar-refractivity contribution in [3.8, 4) is 0 Å². The maximum atomic E-state index is 11.3. The van der Waals surface area contributed by atoms with Crippen molar-refractivity contribution in [1.82, 2.24) is 5.32 Å². The smallest absolute Gasteiger partial charge is 0.228 e. The second kappa shape index (κ2) is 6.68. The lowest BCUT2D eigenvalue weighted by molar-refractivity contribution is -0.115. The summed E-state index contributed by atoms with van der Waals surface area (Å²) in [5.41, 5.74) is 9.04. The van der Waals surface area contributed by atoms with E-state index in [9.17, 15) is 4.79 Å². The summed E-state index contributed by atoms with van der Waals surface area (Å²) in [7, 11) is 0. The van der Waals surface area contributed by atoms with Crippen molar-refractivity contribution in [2.24, 2.45) is 11.7 Å². The van der Waals surface area contributed by atoms with E-state index in [0.717, 1.165) is 43.7 Å². The molecule has 0 aliphatic carbocycles. The van der Waals surface area contributed by atoms with Gasteiger partial charge in [0.25, 0.3) is 0 Å². The molecule has 1 aromatic carbocycles. The van der Waals surface area contributed by atoms with E-state index in [4.69, 9.17) is 5.73 Å². The number of amides is 1. The van der Waals surface area contributed by atoms with Gasteiger partial charge in [-0.3, -0.25) is 4.79 Å². The molecule has 1 atom stereocenters. The highest BCUT2D eigenvalue weighted by Crippen LogP contribution is 2.23. The lowest BCUT2D eigenvalue weighted by atomic mass is 10.1. The Bertz CT molecular complexity index is 441. The molecule has 0 spiro atoms. The highest BCUT2D eigenvalue weighted by Gasteiger charge is 2.17. The molecular formula is C15H23N3O. The molecule has 0 saturated carbocycles. The largest absolute Gasteiger partial charge is 0.330 e. The minimum atomic E-state index is 0.0963. The van der Waals surface area contributed by atoms with Crippen LogP contribution < -0.4 is 16.4 Å². The lowest BCUT2D eigenvalue weighted by Crippen LogP contribution is -2.29. The van der Waals surface area contributed by atoms with Crippen molar-refractivity contribution in [3.63, 3.8) is 0 Å². The molecule has 2 rings (SSSR count). The molecule has 1 unspecified atom stereocenters. The number of benzene rings is 1. The standard InChI is InChI=1S/C15H23N3O/c1-2-11(9-16)10-17-6-5-12-3-4-14-13(7-12)8-15(19)18-14/h3-4,7,11,17H,2,5-6,8-10,16H2,1H3,(H,18,19). The molecule has 1 aromatic rings. The van der Waals surface area contributed by atoms with Gasteiger partial charge in [-0.25, -0.2) is 0 Å². The highest BCUT2D eigenvalue weighted by molar-refractivity contribution is 5.99. The van der Waals surface area contributed by atoms with Crippen molar-refractivity contribution in [1.29, 1.82) is 0 Å². The molecule has 104 valence electrons. The van der Waals surface area contributed by atoms with Crippen LogP contribution in [0.2, 0.25) is 0 Å². The van der Waals surface area contributed by atoms with Gasteiger partial charge in [0.05, 0.1) is 6.42 Å². The molecule has 0 bridgehead atoms. The van der Waals surface area contributed by atoms with Crippen LogP contribution in [-0.4, -0.2) is 25.5 Å². The Labute approximate surface area is 114 Å². The van der Waals surface area contributed by atoms with Crippen LogP contribution in [0.4, 0.5) is 5.69 Å². The zero-order valence-electron chi connectivity index (χ0n) is 11.5. The van der Waals surface area contributed by atoms with E-state index in [2.05, 4.69) is 29.7 Å². The summed E-state index contributed by atoms with van der Waals surface area (Å²) in [6.45, 7) is 4.86. The van der Waals surface area contributed by atoms with Crippen molar-refractivity contribution in [2.75, 3.05) is 25.0 Å². The van der Waals surface area contributed by atoms with Crippen LogP contribution in [0.25, 0.3) is 0 Å². The van der Waals surface area contributed by atoms with E-state index in [1.165, 1.54) is 5.56 Å². The number of nitrogens with one attached hydrogen (secondary N) is 2. The number of carbonyl (C=O) groups excluding carboxylic acids is 1. The van der Waals surface area contributed by atoms with Crippen LogP contribution in [0.15, 0.2) is 18.2 Å². The van der Waals surface area contributed by atoms with Gasteiger partial charge in [0, 0.05) is 5.69 Å². The van der Waals surface area contributed by atoms with Crippen LogP contribution >= 0.6 is 0 Å². The molecule has 0 fully saturated rings. The first-order valence-electron chi connectivity index (χ1n) is 7.05. The third-order valence-corrected chi connectivity index (χ3v) is 3.73. The number of fused-ring (bicyclic) bond motifs is 1. The lowest BCUT2D eigenvalue weighted by Gasteiger charge is -2.13. The van der Waals surface area contributed by atoms with Crippen LogP contribution in [0.3, 0.4) is 0 Å². The van der Waals surface area contributed by atoms with E-state index in [0.29, 0.717) is 12.3 Å². The molecule has 1 amide bonds. The minimum Gasteiger partial charge on any atom is -0.330 e. The zero-order valence-corrected chi connectivity index (χ0v) is 11.5. The molecule has 4 N–H and O–H groups in total. The second-order valence-corrected chi connectivity index (χ2v) is 5.18. The van der Waals surface area contributed by atoms with Crippen molar-refractivity contribution >= 4 is 11.6 Å². The number of hydrogen-bond donors (Lipinski definition) is 3. The van der Waals surface area contributed by atoms with Gasteiger partial charge in [-0.15, -0.1) is 0 Å². The molecular weight excluding hydrogens is 238 g/mol. The van der Waals surface area contributed by atoms with Crippen molar-refractivity contribution < 1.29 is 4.79 Å². The van der Waals surface area contributed by atoms with Crippen molar-refractivity contribution in [3.05, 3.63) is 29.3 Å². The Kier molecular flexibility index (Phi) is 4.93. The summed E-state index contributed by atoms with van der Waals surface area (Å²) in [5, 5.41) is 6.30. The molecule has 0 saturated heterocycles. The first kappa shape index (κ1) is 14.0. The summed E-state index contributed by atoms with van der Waals surface area (Å²) in [6.07, 6.45) is 2.63. The number of nitrogens with two attached hydrogens (primary N) is 1. The monoisotopic (exact) mass is 261 g/mol. The molecule has 19 heavy (non-hydrogen) atoms. The summed E-state index contributed by atoms with van der Waals surface area (Å²) < 4.78 is 0. The number of rotatable bonds is 7. The van der Waals surface area contributed by atoms with E-state index in [1.54, 1.807) is 0 Å². The Hall–Kier alpha value is -1.39. The maximum Gasteiger partial charge on any atom is 0.228 e. The SMILES string of the molecule is CCC(CN)CNCCc1ccc2c(c1)CC(=O)N2. The number of anilines is 1. The average Bonchev–Trinajstić information content (AvgIpc) is 2.78. The Balaban J connectivity index is 1.78. The van der Waals surface area contributed by atoms with E-state index in [-0.39, 0.29) is 5.91 Å². The van der Waals surface area contributed by atoms with Gasteiger partial charge in [0.2, 0.25) is 5.91 Å². The molecule has 1 heterocycles. The third kappa shape index (κ3) is 3.78. The van der Waals surface area contributed by atoms with Gasteiger partial charge >= 0.3 is 0 Å². The Morgan fingerprint density at radius 1 is 1.47 bits per heavy atom. The molecule has 1 aliphatic heterocycles. The molecule has 0 radical (unpaired) electrons. The van der Waals surface area contributed by atoms with Crippen LogP contribution in [0.5, 0.6) is 0 Å². The maximum absolute atomic E-state index is 11.3. The molecule has 0 aromatic heterocycles. The predicted molar refractivity (Wildman–Crippen MR) is 78.2 cm³/mol. The van der Waals surface area contributed by atoms with Gasteiger partial charge in [0.1, 0.15) is 0 Å². The summed E-state index contributed by atoms with van der Waals surface area (Å²) in [4.78, 5) is 11.3. The summed E-state index contributed by atoms with van der Waals surface area (Å²) in [5.74, 6) is 0.667. The normalized spacial score (nSPS) is 15.2. The van der Waals surface area contributed by atoms with Gasteiger partial charge in [-0.05, 0) is 49.2 Å². The zero-order chi connectivity index (χ0) is 13.7. The summed E-state index contributed by atoms with van der Waals surface area (Å²) in [6, 6.07) is 6.23. The van der Waals surface area contributed by atoms with Gasteiger partial charge in [-0.1, -0.05) is 25.5 Å². The topological polar surface area (TPSA) is 67.1 Å². The van der Waals surface area contributed by atoms with Crippen LogP contribution in [0, 0.1) is 5.92 Å². The number of carbonyl (C=O) groups is 1. The fraction of sp³-hybridized carbons (Fsp3) is 0.533. The number of hydrogen-bond acceptors (Lipinski definition) is 3. The van der Waals surface area contributed by atoms with Crippen LogP contribution in [-0.2, 0) is 17.6 Å². The van der Waals surface area contributed by atoms with E-state index < -0.39 is 0 Å². The first-order chi connectivity index (χ1) is 9.22. The van der Waals surface area contributed by atoms with Crippen LogP contribution in [0.1, 0.15) is 24.5 Å². The molecule has 4 nitrogen and oxygen atoms in total. The molecule has 1 aliphatic rings. The second-order valence-electron chi connectivity index (χ2n) is 5.18. The van der Waals surface area contributed by atoms with Crippen molar-refractivity contribution in [2.45, 2.75) is 26.2 Å².